The number of ether oxygens (including phenoxy) is 1. The van der Waals surface area contributed by atoms with E-state index < -0.39 is 0 Å². The molecule has 4 nitrogen and oxygen atoms in total. The Balaban J connectivity index is 0.00000242. The maximum atomic E-state index is 12.1. The van der Waals surface area contributed by atoms with E-state index in [9.17, 15) is 4.79 Å². The van der Waals surface area contributed by atoms with Crippen LogP contribution in [0.25, 0.3) is 0 Å². The first-order valence-electron chi connectivity index (χ1n) is 7.50. The Morgan fingerprint density at radius 1 is 1.50 bits per heavy atom. The van der Waals surface area contributed by atoms with Crippen LogP contribution in [-0.2, 0) is 4.79 Å². The zero-order chi connectivity index (χ0) is 15.1. The number of carbonyl (C=O) groups excluding carboxylic acids is 1. The number of hydrogen-bond donors (Lipinski definition) is 1. The van der Waals surface area contributed by atoms with E-state index in [2.05, 4.69) is 21.2 Å². The molecule has 1 heterocycles. The lowest BCUT2D eigenvalue weighted by molar-refractivity contribution is -0.130. The van der Waals surface area contributed by atoms with E-state index in [1.807, 2.05) is 36.2 Å². The number of carbonyl (C=O) groups is 1. The third-order valence-electron chi connectivity index (χ3n) is 3.73. The molecule has 1 aliphatic rings. The molecule has 1 atom stereocenters. The van der Waals surface area contributed by atoms with Crippen LogP contribution >= 0.6 is 28.3 Å². The minimum absolute atomic E-state index is 0. The summed E-state index contributed by atoms with van der Waals surface area (Å²) in [5.74, 6) is 1.70. The molecule has 0 spiro atoms. The molecule has 1 fully saturated rings. The Hall–Kier alpha value is -0.780. The van der Waals surface area contributed by atoms with Crippen LogP contribution in [0.4, 0.5) is 0 Å². The minimum atomic E-state index is 0. The summed E-state index contributed by atoms with van der Waals surface area (Å²) < 4.78 is 6.65. The van der Waals surface area contributed by atoms with Crippen molar-refractivity contribution in [2.24, 2.45) is 5.92 Å². The predicted octanol–water partition coefficient (Wildman–Crippen LogP) is 3.10. The summed E-state index contributed by atoms with van der Waals surface area (Å²) in [6, 6.07) is 7.77. The van der Waals surface area contributed by atoms with Crippen molar-refractivity contribution in [2.45, 2.75) is 19.3 Å². The van der Waals surface area contributed by atoms with Gasteiger partial charge in [-0.3, -0.25) is 4.79 Å². The third-order valence-corrected chi connectivity index (χ3v) is 4.22. The van der Waals surface area contributed by atoms with E-state index in [1.54, 1.807) is 0 Å². The van der Waals surface area contributed by atoms with Crippen molar-refractivity contribution in [1.29, 1.82) is 0 Å². The molecule has 1 amide bonds. The fourth-order valence-electron chi connectivity index (χ4n) is 2.64. The van der Waals surface area contributed by atoms with E-state index in [0.29, 0.717) is 18.9 Å². The highest BCUT2D eigenvalue weighted by molar-refractivity contribution is 9.10. The SMILES string of the molecule is CNCC1CCN(C(=O)CCCOc2cccc(Br)c2)C1.Cl. The van der Waals surface area contributed by atoms with E-state index in [1.165, 1.54) is 0 Å². The summed E-state index contributed by atoms with van der Waals surface area (Å²) in [4.78, 5) is 14.1. The molecule has 22 heavy (non-hydrogen) atoms. The van der Waals surface area contributed by atoms with Crippen molar-refractivity contribution in [3.05, 3.63) is 28.7 Å². The highest BCUT2D eigenvalue weighted by Gasteiger charge is 2.25. The summed E-state index contributed by atoms with van der Waals surface area (Å²) in [5, 5.41) is 3.18. The van der Waals surface area contributed by atoms with Gasteiger partial charge in [-0.2, -0.15) is 0 Å². The van der Waals surface area contributed by atoms with E-state index in [-0.39, 0.29) is 18.3 Å². The second kappa shape index (κ2) is 10.1. The maximum Gasteiger partial charge on any atom is 0.222 e. The van der Waals surface area contributed by atoms with Crippen LogP contribution in [0.5, 0.6) is 5.75 Å². The van der Waals surface area contributed by atoms with Crippen LogP contribution in [0.2, 0.25) is 0 Å². The number of amides is 1. The summed E-state index contributed by atoms with van der Waals surface area (Å²) in [6.07, 6.45) is 2.44. The normalized spacial score (nSPS) is 17.2. The maximum absolute atomic E-state index is 12.1. The Kier molecular flexibility index (Phi) is 8.83. The second-order valence-electron chi connectivity index (χ2n) is 5.46. The van der Waals surface area contributed by atoms with Gasteiger partial charge in [0.15, 0.2) is 0 Å². The van der Waals surface area contributed by atoms with Gasteiger partial charge >= 0.3 is 0 Å². The van der Waals surface area contributed by atoms with Crippen LogP contribution in [0.15, 0.2) is 28.7 Å². The molecule has 6 heteroatoms. The van der Waals surface area contributed by atoms with Gasteiger partial charge in [-0.25, -0.2) is 0 Å². The van der Waals surface area contributed by atoms with Crippen molar-refractivity contribution >= 4 is 34.2 Å². The summed E-state index contributed by atoms with van der Waals surface area (Å²) in [5.41, 5.74) is 0. The topological polar surface area (TPSA) is 41.6 Å². The monoisotopic (exact) mass is 390 g/mol. The second-order valence-corrected chi connectivity index (χ2v) is 6.38. The van der Waals surface area contributed by atoms with Crippen molar-refractivity contribution in [2.75, 3.05) is 33.3 Å². The number of nitrogens with one attached hydrogen (secondary N) is 1. The number of halogens is 2. The van der Waals surface area contributed by atoms with Crippen molar-refractivity contribution in [1.82, 2.24) is 10.2 Å². The molecule has 1 unspecified atom stereocenters. The fraction of sp³-hybridized carbons (Fsp3) is 0.562. The molecule has 1 aromatic rings. The Bertz CT molecular complexity index is 473. The Morgan fingerprint density at radius 3 is 3.05 bits per heavy atom. The van der Waals surface area contributed by atoms with Gasteiger partial charge in [-0.1, -0.05) is 22.0 Å². The first-order chi connectivity index (χ1) is 10.2. The Morgan fingerprint density at radius 2 is 2.32 bits per heavy atom. The first kappa shape index (κ1) is 19.3. The summed E-state index contributed by atoms with van der Waals surface area (Å²) in [6.45, 7) is 3.37. The molecular formula is C16H24BrClN2O2. The highest BCUT2D eigenvalue weighted by Crippen LogP contribution is 2.19. The van der Waals surface area contributed by atoms with Crippen LogP contribution < -0.4 is 10.1 Å². The smallest absolute Gasteiger partial charge is 0.222 e. The summed E-state index contributed by atoms with van der Waals surface area (Å²) in [7, 11) is 1.96. The quantitative estimate of drug-likeness (QED) is 0.726. The number of rotatable bonds is 7. The average Bonchev–Trinajstić information content (AvgIpc) is 2.93. The van der Waals surface area contributed by atoms with Crippen molar-refractivity contribution in [3.8, 4) is 5.75 Å². The lowest BCUT2D eigenvalue weighted by atomic mass is 10.1. The predicted molar refractivity (Wildman–Crippen MR) is 94.7 cm³/mol. The third kappa shape index (κ3) is 6.15. The van der Waals surface area contributed by atoms with E-state index in [4.69, 9.17) is 4.74 Å². The van der Waals surface area contributed by atoms with Gasteiger partial charge < -0.3 is 15.0 Å². The van der Waals surface area contributed by atoms with Crippen molar-refractivity contribution in [3.63, 3.8) is 0 Å². The lowest BCUT2D eigenvalue weighted by Crippen LogP contribution is -2.30. The molecule has 1 aromatic carbocycles. The number of likely N-dealkylation sites (tertiary alicyclic amines) is 1. The average molecular weight is 392 g/mol. The van der Waals surface area contributed by atoms with Gasteiger partial charge in [0.25, 0.3) is 0 Å². The molecule has 1 aliphatic heterocycles. The summed E-state index contributed by atoms with van der Waals surface area (Å²) >= 11 is 3.41. The van der Waals surface area contributed by atoms with Crippen molar-refractivity contribution < 1.29 is 9.53 Å². The zero-order valence-electron chi connectivity index (χ0n) is 12.9. The molecule has 1 saturated heterocycles. The largest absolute Gasteiger partial charge is 0.494 e. The lowest BCUT2D eigenvalue weighted by Gasteiger charge is -2.16. The van der Waals surface area contributed by atoms with Gasteiger partial charge in [0.2, 0.25) is 5.91 Å². The molecule has 0 aromatic heterocycles. The van der Waals surface area contributed by atoms with Crippen LogP contribution in [0.3, 0.4) is 0 Å². The van der Waals surface area contributed by atoms with Crippen LogP contribution in [0.1, 0.15) is 19.3 Å². The van der Waals surface area contributed by atoms with Gasteiger partial charge in [-0.15, -0.1) is 12.4 Å². The Labute approximate surface area is 147 Å². The molecule has 0 radical (unpaired) electrons. The first-order valence-corrected chi connectivity index (χ1v) is 8.29. The van der Waals surface area contributed by atoms with Gasteiger partial charge in [0.1, 0.15) is 5.75 Å². The molecule has 0 bridgehead atoms. The van der Waals surface area contributed by atoms with Gasteiger partial charge in [-0.05, 0) is 50.6 Å². The number of benzene rings is 1. The molecule has 0 aliphatic carbocycles. The van der Waals surface area contributed by atoms with Gasteiger partial charge in [0.05, 0.1) is 6.61 Å². The van der Waals surface area contributed by atoms with Gasteiger partial charge in [0, 0.05) is 24.0 Å². The fourth-order valence-corrected chi connectivity index (χ4v) is 3.02. The van der Waals surface area contributed by atoms with Crippen LogP contribution in [-0.4, -0.2) is 44.1 Å². The number of nitrogens with zero attached hydrogens (tertiary/aromatic N) is 1. The molecule has 124 valence electrons. The molecule has 1 N–H and O–H groups in total. The number of hydrogen-bond acceptors (Lipinski definition) is 3. The van der Waals surface area contributed by atoms with E-state index >= 15 is 0 Å². The standard InChI is InChI=1S/C16H23BrN2O2.ClH/c1-18-11-13-7-8-19(12-13)16(20)6-3-9-21-15-5-2-4-14(17)10-15;/h2,4-5,10,13,18H,3,6-9,11-12H2,1H3;1H. The molecule has 0 saturated carbocycles. The molecular weight excluding hydrogens is 368 g/mol. The molecule has 2 rings (SSSR count). The van der Waals surface area contributed by atoms with E-state index in [0.717, 1.165) is 42.7 Å². The van der Waals surface area contributed by atoms with Crippen LogP contribution in [0, 0.1) is 5.92 Å². The minimum Gasteiger partial charge on any atom is -0.494 e. The zero-order valence-corrected chi connectivity index (χ0v) is 15.3. The highest BCUT2D eigenvalue weighted by atomic mass is 79.9.